The van der Waals surface area contributed by atoms with Crippen LogP contribution in [0.2, 0.25) is 10.2 Å². The second-order valence-corrected chi connectivity index (χ2v) is 11.3. The van der Waals surface area contributed by atoms with Gasteiger partial charge >= 0.3 is 0 Å². The fourth-order valence-electron chi connectivity index (χ4n) is 3.34. The predicted molar refractivity (Wildman–Crippen MR) is 138 cm³/mol. The third-order valence-electron chi connectivity index (χ3n) is 5.26. The number of amides is 1. The van der Waals surface area contributed by atoms with E-state index in [-0.39, 0.29) is 22.5 Å². The van der Waals surface area contributed by atoms with Crippen molar-refractivity contribution in [3.8, 4) is 0 Å². The normalized spacial score (nSPS) is 11.9. The molecule has 1 heterocycles. The van der Waals surface area contributed by atoms with Gasteiger partial charge in [0.25, 0.3) is 5.91 Å². The van der Waals surface area contributed by atoms with Gasteiger partial charge in [0.05, 0.1) is 45.7 Å². The standard InChI is InChI=1S/C21H31Cl2N7O3S/c1-30(2,14-11-26-21(31)17-19(24)28-20(25)18(23)27-17)13-6-4-5-12-29(34(3,32)33)16-9-7-15(22)8-10-16/h7-10H,4-6,11-14H2,1-3H3,(H4-,24,25,26,28,31)/p+1. The number of nitrogen functional groups attached to an aromatic ring is 2. The van der Waals surface area contributed by atoms with Gasteiger partial charge in [0, 0.05) is 11.6 Å². The van der Waals surface area contributed by atoms with Crippen LogP contribution >= 0.6 is 23.2 Å². The number of anilines is 3. The highest BCUT2D eigenvalue weighted by atomic mass is 35.5. The zero-order chi connectivity index (χ0) is 25.5. The van der Waals surface area contributed by atoms with E-state index in [1.54, 1.807) is 24.3 Å². The second kappa shape index (κ2) is 11.9. The minimum absolute atomic E-state index is 0.0265. The maximum Gasteiger partial charge on any atom is 0.273 e. The van der Waals surface area contributed by atoms with Gasteiger partial charge in [-0.1, -0.05) is 23.2 Å². The quantitative estimate of drug-likeness (QED) is 0.281. The molecule has 5 N–H and O–H groups in total. The van der Waals surface area contributed by atoms with Crippen molar-refractivity contribution < 1.29 is 17.7 Å². The molecule has 2 rings (SSSR count). The average molecular weight is 534 g/mol. The molecule has 0 saturated carbocycles. The van der Waals surface area contributed by atoms with Gasteiger partial charge in [-0.2, -0.15) is 0 Å². The summed E-state index contributed by atoms with van der Waals surface area (Å²) in [7, 11) is 0.748. The monoisotopic (exact) mass is 532 g/mol. The van der Waals surface area contributed by atoms with Crippen LogP contribution in [-0.4, -0.2) is 75.3 Å². The number of hydrogen-bond donors (Lipinski definition) is 3. The summed E-state index contributed by atoms with van der Waals surface area (Å²) in [5, 5.41) is 3.27. The van der Waals surface area contributed by atoms with Gasteiger partial charge in [0.15, 0.2) is 22.5 Å². The van der Waals surface area contributed by atoms with Crippen molar-refractivity contribution in [1.82, 2.24) is 15.3 Å². The number of unbranched alkanes of at least 4 members (excludes halogenated alkanes) is 2. The first-order valence-electron chi connectivity index (χ1n) is 10.7. The first-order valence-corrected chi connectivity index (χ1v) is 13.3. The van der Waals surface area contributed by atoms with Crippen molar-refractivity contribution >= 4 is 56.5 Å². The van der Waals surface area contributed by atoms with Crippen molar-refractivity contribution in [2.45, 2.75) is 19.3 Å². The van der Waals surface area contributed by atoms with Gasteiger partial charge in [-0.15, -0.1) is 0 Å². The average Bonchev–Trinajstić information content (AvgIpc) is 2.73. The highest BCUT2D eigenvalue weighted by Gasteiger charge is 2.20. The Hall–Kier alpha value is -2.34. The number of likely N-dealkylation sites (N-methyl/N-ethyl adjacent to an activating group) is 1. The molecule has 0 saturated heterocycles. The molecular weight excluding hydrogens is 501 g/mol. The third-order valence-corrected chi connectivity index (χ3v) is 6.99. The van der Waals surface area contributed by atoms with Gasteiger partial charge < -0.3 is 21.3 Å². The number of nitrogens with zero attached hydrogens (tertiary/aromatic N) is 4. The summed E-state index contributed by atoms with van der Waals surface area (Å²) in [5.74, 6) is -0.564. The van der Waals surface area contributed by atoms with Crippen LogP contribution in [0, 0.1) is 0 Å². The Morgan fingerprint density at radius 1 is 1.03 bits per heavy atom. The molecule has 0 fully saturated rings. The summed E-state index contributed by atoms with van der Waals surface area (Å²) in [6.45, 7) is 2.36. The van der Waals surface area contributed by atoms with Crippen LogP contribution in [0.15, 0.2) is 24.3 Å². The third kappa shape index (κ3) is 8.46. The molecule has 0 aliphatic carbocycles. The summed E-state index contributed by atoms with van der Waals surface area (Å²) in [5.41, 5.74) is 11.8. The van der Waals surface area contributed by atoms with Crippen LogP contribution in [0.25, 0.3) is 0 Å². The zero-order valence-electron chi connectivity index (χ0n) is 19.6. The molecule has 34 heavy (non-hydrogen) atoms. The molecule has 10 nitrogen and oxygen atoms in total. The van der Waals surface area contributed by atoms with E-state index in [1.807, 2.05) is 0 Å². The molecule has 0 spiro atoms. The van der Waals surface area contributed by atoms with Crippen LogP contribution in [0.3, 0.4) is 0 Å². The maximum atomic E-state index is 12.3. The molecular formula is C21H32Cl2N7O3S+. The summed E-state index contributed by atoms with van der Waals surface area (Å²) < 4.78 is 26.5. The van der Waals surface area contributed by atoms with E-state index < -0.39 is 15.9 Å². The lowest BCUT2D eigenvalue weighted by Crippen LogP contribution is -2.46. The fourth-order valence-corrected chi connectivity index (χ4v) is 4.56. The topological polar surface area (TPSA) is 144 Å². The Morgan fingerprint density at radius 3 is 2.29 bits per heavy atom. The van der Waals surface area contributed by atoms with Crippen molar-refractivity contribution in [2.75, 3.05) is 62.3 Å². The zero-order valence-corrected chi connectivity index (χ0v) is 21.9. The van der Waals surface area contributed by atoms with Crippen LogP contribution in [0.4, 0.5) is 17.3 Å². The van der Waals surface area contributed by atoms with Gasteiger partial charge in [-0.05, 0) is 43.5 Å². The SMILES string of the molecule is C[N+](C)(CCCCCN(c1ccc(Cl)cc1)S(C)(=O)=O)CCNC(=O)c1nc(Cl)c(N)nc1N. The molecule has 0 aliphatic rings. The minimum Gasteiger partial charge on any atom is -0.382 e. The van der Waals surface area contributed by atoms with Crippen molar-refractivity contribution in [3.05, 3.63) is 40.1 Å². The number of sulfonamides is 1. The lowest BCUT2D eigenvalue weighted by molar-refractivity contribution is -0.889. The summed E-state index contributed by atoms with van der Waals surface area (Å²) in [6, 6.07) is 6.76. The van der Waals surface area contributed by atoms with Crippen molar-refractivity contribution in [3.63, 3.8) is 0 Å². The number of carbonyl (C=O) groups is 1. The molecule has 0 aliphatic heterocycles. The summed E-state index contributed by atoms with van der Waals surface area (Å²) in [4.78, 5) is 20.0. The highest BCUT2D eigenvalue weighted by molar-refractivity contribution is 7.92. The molecule has 0 atom stereocenters. The van der Waals surface area contributed by atoms with E-state index in [0.717, 1.165) is 25.8 Å². The molecule has 1 aromatic carbocycles. The van der Waals surface area contributed by atoms with Gasteiger partial charge in [-0.25, -0.2) is 18.4 Å². The largest absolute Gasteiger partial charge is 0.382 e. The number of aromatic nitrogens is 2. The number of benzene rings is 1. The molecule has 2 aromatic rings. The Kier molecular flexibility index (Phi) is 9.74. The molecule has 0 bridgehead atoms. The highest BCUT2D eigenvalue weighted by Crippen LogP contribution is 2.21. The Balaban J connectivity index is 1.77. The van der Waals surface area contributed by atoms with E-state index in [1.165, 1.54) is 10.6 Å². The van der Waals surface area contributed by atoms with Crippen molar-refractivity contribution in [2.24, 2.45) is 0 Å². The molecule has 1 aromatic heterocycles. The number of rotatable bonds is 12. The summed E-state index contributed by atoms with van der Waals surface area (Å²) >= 11 is 11.7. The molecule has 1 amide bonds. The van der Waals surface area contributed by atoms with E-state index >= 15 is 0 Å². The van der Waals surface area contributed by atoms with E-state index in [0.29, 0.717) is 34.8 Å². The Morgan fingerprint density at radius 2 is 1.68 bits per heavy atom. The lowest BCUT2D eigenvalue weighted by Gasteiger charge is -2.30. The molecule has 188 valence electrons. The number of halogens is 2. The van der Waals surface area contributed by atoms with E-state index in [9.17, 15) is 13.2 Å². The first-order chi connectivity index (χ1) is 15.8. The van der Waals surface area contributed by atoms with Gasteiger partial charge in [0.2, 0.25) is 10.0 Å². The molecule has 0 radical (unpaired) electrons. The van der Waals surface area contributed by atoms with Crippen LogP contribution in [0.1, 0.15) is 29.8 Å². The van der Waals surface area contributed by atoms with Crippen LogP contribution in [-0.2, 0) is 10.0 Å². The number of nitrogens with two attached hydrogens (primary N) is 2. The number of nitrogens with one attached hydrogen (secondary N) is 1. The fraction of sp³-hybridized carbons (Fsp3) is 0.476. The number of carbonyl (C=O) groups excluding carboxylic acids is 1. The van der Waals surface area contributed by atoms with Gasteiger partial charge in [0.1, 0.15) is 0 Å². The maximum absolute atomic E-state index is 12.3. The molecule has 13 heteroatoms. The van der Waals surface area contributed by atoms with Gasteiger partial charge in [-0.3, -0.25) is 9.10 Å². The van der Waals surface area contributed by atoms with Crippen LogP contribution < -0.4 is 21.1 Å². The Bertz CT molecular complexity index is 1100. The lowest BCUT2D eigenvalue weighted by atomic mass is 10.2. The van der Waals surface area contributed by atoms with Crippen LogP contribution in [0.5, 0.6) is 0 Å². The van der Waals surface area contributed by atoms with Crippen molar-refractivity contribution in [1.29, 1.82) is 0 Å². The number of quaternary nitrogens is 1. The number of hydrogen-bond acceptors (Lipinski definition) is 7. The summed E-state index contributed by atoms with van der Waals surface area (Å²) in [6.07, 6.45) is 3.70. The first kappa shape index (κ1) is 27.9. The van der Waals surface area contributed by atoms with E-state index in [4.69, 9.17) is 34.7 Å². The molecule has 0 unspecified atom stereocenters. The predicted octanol–water partition coefficient (Wildman–Crippen LogP) is 2.39. The second-order valence-electron chi connectivity index (χ2n) is 8.64. The van der Waals surface area contributed by atoms with E-state index in [2.05, 4.69) is 29.4 Å². The smallest absolute Gasteiger partial charge is 0.273 e. The Labute approximate surface area is 210 Å². The minimum atomic E-state index is -3.39.